The average Bonchev–Trinajstić information content (AvgIpc) is 2.68. The maximum atomic E-state index is 12.4. The molecular weight excluding hydrogens is 370 g/mol. The molecule has 1 N–H and O–H groups in total. The molecule has 7 nitrogen and oxygen atoms in total. The number of hydrogen-bond donors (Lipinski definition) is 1. The van der Waals surface area contributed by atoms with Crippen LogP contribution in [0, 0.1) is 16.0 Å². The van der Waals surface area contributed by atoms with E-state index >= 15 is 0 Å². The molecule has 27 heavy (non-hydrogen) atoms. The first-order valence-electron chi connectivity index (χ1n) is 9.51. The third-order valence-electron chi connectivity index (χ3n) is 5.37. The molecule has 8 heteroatoms. The van der Waals surface area contributed by atoms with Crippen LogP contribution >= 0.6 is 12.4 Å². The molecule has 0 spiro atoms. The van der Waals surface area contributed by atoms with Gasteiger partial charge < -0.3 is 15.0 Å². The van der Waals surface area contributed by atoms with E-state index in [4.69, 9.17) is 4.74 Å². The molecule has 1 amide bonds. The lowest BCUT2D eigenvalue weighted by Gasteiger charge is -2.32. The molecule has 1 aromatic rings. The number of benzene rings is 1. The fourth-order valence-electron chi connectivity index (χ4n) is 3.72. The molecule has 2 saturated heterocycles. The second-order valence-electron chi connectivity index (χ2n) is 7.18. The Hall–Kier alpha value is -1.86. The summed E-state index contributed by atoms with van der Waals surface area (Å²) in [6.45, 7) is 3.60. The van der Waals surface area contributed by atoms with Gasteiger partial charge in [0.1, 0.15) is 11.9 Å². The number of non-ortho nitro benzene ring substituents is 1. The molecule has 150 valence electrons. The summed E-state index contributed by atoms with van der Waals surface area (Å²) in [5.41, 5.74) is 0.0616. The van der Waals surface area contributed by atoms with Gasteiger partial charge in [-0.25, -0.2) is 0 Å². The molecule has 2 fully saturated rings. The number of nitrogens with zero attached hydrogens (tertiary/aromatic N) is 2. The lowest BCUT2D eigenvalue weighted by molar-refractivity contribution is -0.384. The molecular formula is C19H28ClN3O4. The van der Waals surface area contributed by atoms with Crippen LogP contribution in [0.15, 0.2) is 24.3 Å². The number of carbonyl (C=O) groups excluding carboxylic acids is 1. The van der Waals surface area contributed by atoms with E-state index in [1.54, 1.807) is 12.1 Å². The summed E-state index contributed by atoms with van der Waals surface area (Å²) < 4.78 is 5.91. The SMILES string of the molecule is Cl.O=C(CCC1CCNCC1)N1CCC(Oc2ccc([N+](=O)[O-])cc2)CC1. The van der Waals surface area contributed by atoms with Crippen LogP contribution in [0.1, 0.15) is 38.5 Å². The number of carbonyl (C=O) groups is 1. The number of amides is 1. The highest BCUT2D eigenvalue weighted by Gasteiger charge is 2.24. The highest BCUT2D eigenvalue weighted by molar-refractivity contribution is 5.85. The van der Waals surface area contributed by atoms with Crippen molar-refractivity contribution in [3.05, 3.63) is 34.4 Å². The molecule has 0 unspecified atom stereocenters. The standard InChI is InChI=1S/C19H27N3O4.ClH/c23-19(6-1-15-7-11-20-12-8-15)21-13-9-18(10-14-21)26-17-4-2-16(3-5-17)22(24)25;/h2-5,15,18,20H,1,6-14H2;1H. The van der Waals surface area contributed by atoms with Crippen LogP contribution in [-0.2, 0) is 4.79 Å². The monoisotopic (exact) mass is 397 g/mol. The normalized spacial score (nSPS) is 18.6. The molecule has 1 aromatic carbocycles. The van der Waals surface area contributed by atoms with Gasteiger partial charge in [0, 0.05) is 44.5 Å². The Labute approximate surface area is 166 Å². The molecule has 3 rings (SSSR count). The van der Waals surface area contributed by atoms with Crippen molar-refractivity contribution < 1.29 is 14.5 Å². The summed E-state index contributed by atoms with van der Waals surface area (Å²) in [6, 6.07) is 6.17. The van der Waals surface area contributed by atoms with Gasteiger partial charge in [-0.15, -0.1) is 12.4 Å². The number of piperidine rings is 2. The minimum atomic E-state index is -0.419. The summed E-state index contributed by atoms with van der Waals surface area (Å²) in [5.74, 6) is 1.59. The first-order valence-corrected chi connectivity index (χ1v) is 9.51. The quantitative estimate of drug-likeness (QED) is 0.588. The molecule has 0 atom stereocenters. The zero-order valence-corrected chi connectivity index (χ0v) is 16.3. The van der Waals surface area contributed by atoms with Crippen molar-refractivity contribution in [2.75, 3.05) is 26.2 Å². The van der Waals surface area contributed by atoms with Gasteiger partial charge in [0.25, 0.3) is 5.69 Å². The van der Waals surface area contributed by atoms with Crippen LogP contribution in [0.25, 0.3) is 0 Å². The number of rotatable bonds is 6. The lowest BCUT2D eigenvalue weighted by Crippen LogP contribution is -2.42. The number of nitro benzene ring substituents is 1. The van der Waals surface area contributed by atoms with E-state index in [0.717, 1.165) is 45.4 Å². The van der Waals surface area contributed by atoms with E-state index in [-0.39, 0.29) is 30.1 Å². The smallest absolute Gasteiger partial charge is 0.269 e. The Morgan fingerprint density at radius 2 is 1.78 bits per heavy atom. The predicted molar refractivity (Wildman–Crippen MR) is 105 cm³/mol. The summed E-state index contributed by atoms with van der Waals surface area (Å²) in [4.78, 5) is 24.6. The van der Waals surface area contributed by atoms with Crippen LogP contribution in [0.3, 0.4) is 0 Å². The Balaban J connectivity index is 0.00000261. The number of nitro groups is 1. The molecule has 0 aromatic heterocycles. The van der Waals surface area contributed by atoms with Crippen molar-refractivity contribution in [3.63, 3.8) is 0 Å². The van der Waals surface area contributed by atoms with Gasteiger partial charge in [-0.05, 0) is 50.4 Å². The fourth-order valence-corrected chi connectivity index (χ4v) is 3.72. The van der Waals surface area contributed by atoms with E-state index in [0.29, 0.717) is 18.1 Å². The van der Waals surface area contributed by atoms with E-state index in [1.807, 2.05) is 4.90 Å². The Kier molecular flexibility index (Phi) is 8.31. The third-order valence-corrected chi connectivity index (χ3v) is 5.37. The van der Waals surface area contributed by atoms with E-state index in [9.17, 15) is 14.9 Å². The van der Waals surface area contributed by atoms with Crippen molar-refractivity contribution in [3.8, 4) is 5.75 Å². The summed E-state index contributed by atoms with van der Waals surface area (Å²) in [7, 11) is 0. The number of halogens is 1. The highest BCUT2D eigenvalue weighted by atomic mass is 35.5. The molecule has 2 aliphatic rings. The molecule has 0 radical (unpaired) electrons. The Morgan fingerprint density at radius 3 is 2.37 bits per heavy atom. The molecule has 0 bridgehead atoms. The van der Waals surface area contributed by atoms with Gasteiger partial charge in [-0.2, -0.15) is 0 Å². The topological polar surface area (TPSA) is 84.7 Å². The van der Waals surface area contributed by atoms with Crippen LogP contribution < -0.4 is 10.1 Å². The summed E-state index contributed by atoms with van der Waals surface area (Å²) in [6.07, 6.45) is 5.67. The van der Waals surface area contributed by atoms with Crippen LogP contribution in [0.5, 0.6) is 5.75 Å². The van der Waals surface area contributed by atoms with Crippen LogP contribution in [0.4, 0.5) is 5.69 Å². The number of hydrogen-bond acceptors (Lipinski definition) is 5. The average molecular weight is 398 g/mol. The number of nitrogens with one attached hydrogen (secondary N) is 1. The third kappa shape index (κ3) is 6.36. The van der Waals surface area contributed by atoms with Crippen molar-refractivity contribution in [1.29, 1.82) is 0 Å². The summed E-state index contributed by atoms with van der Waals surface area (Å²) >= 11 is 0. The second kappa shape index (κ2) is 10.5. The fraction of sp³-hybridized carbons (Fsp3) is 0.632. The minimum Gasteiger partial charge on any atom is -0.490 e. The zero-order valence-electron chi connectivity index (χ0n) is 15.5. The van der Waals surface area contributed by atoms with Crippen molar-refractivity contribution in [1.82, 2.24) is 10.2 Å². The first kappa shape index (κ1) is 21.4. The highest BCUT2D eigenvalue weighted by Crippen LogP contribution is 2.23. The molecule has 2 aliphatic heterocycles. The predicted octanol–water partition coefficient (Wildman–Crippen LogP) is 3.17. The zero-order chi connectivity index (χ0) is 18.4. The molecule has 2 heterocycles. The van der Waals surface area contributed by atoms with Gasteiger partial charge in [-0.1, -0.05) is 0 Å². The Morgan fingerprint density at radius 1 is 1.15 bits per heavy atom. The van der Waals surface area contributed by atoms with Gasteiger partial charge in [0.2, 0.25) is 5.91 Å². The van der Waals surface area contributed by atoms with Crippen molar-refractivity contribution in [2.24, 2.45) is 5.92 Å². The number of ether oxygens (including phenoxy) is 1. The van der Waals surface area contributed by atoms with Crippen molar-refractivity contribution in [2.45, 2.75) is 44.6 Å². The Bertz CT molecular complexity index is 612. The largest absolute Gasteiger partial charge is 0.490 e. The maximum absolute atomic E-state index is 12.4. The first-order chi connectivity index (χ1) is 12.6. The van der Waals surface area contributed by atoms with E-state index in [1.165, 1.54) is 25.0 Å². The van der Waals surface area contributed by atoms with Crippen LogP contribution in [0.2, 0.25) is 0 Å². The number of likely N-dealkylation sites (tertiary alicyclic amines) is 1. The summed E-state index contributed by atoms with van der Waals surface area (Å²) in [5, 5.41) is 14.0. The van der Waals surface area contributed by atoms with Gasteiger partial charge in [0.15, 0.2) is 0 Å². The minimum absolute atomic E-state index is 0. The van der Waals surface area contributed by atoms with E-state index < -0.39 is 4.92 Å². The molecule has 0 aliphatic carbocycles. The van der Waals surface area contributed by atoms with Gasteiger partial charge >= 0.3 is 0 Å². The van der Waals surface area contributed by atoms with Gasteiger partial charge in [0.05, 0.1) is 4.92 Å². The van der Waals surface area contributed by atoms with Crippen molar-refractivity contribution >= 4 is 24.0 Å². The lowest BCUT2D eigenvalue weighted by atomic mass is 9.93. The maximum Gasteiger partial charge on any atom is 0.269 e. The van der Waals surface area contributed by atoms with Crippen LogP contribution in [-0.4, -0.2) is 48.0 Å². The van der Waals surface area contributed by atoms with E-state index in [2.05, 4.69) is 5.32 Å². The van der Waals surface area contributed by atoms with Gasteiger partial charge in [-0.3, -0.25) is 14.9 Å². The molecule has 0 saturated carbocycles. The second-order valence-corrected chi connectivity index (χ2v) is 7.18.